The van der Waals surface area contributed by atoms with Gasteiger partial charge in [0.05, 0.1) is 24.4 Å². The van der Waals surface area contributed by atoms with Gasteiger partial charge in [0.25, 0.3) is 0 Å². The highest BCUT2D eigenvalue weighted by atomic mass is 32.2. The zero-order chi connectivity index (χ0) is 13.6. The normalized spacial score (nSPS) is 15.4. The first-order valence-corrected chi connectivity index (χ1v) is 7.28. The van der Waals surface area contributed by atoms with Gasteiger partial charge in [-0.2, -0.15) is 0 Å². The van der Waals surface area contributed by atoms with Crippen molar-refractivity contribution in [1.29, 1.82) is 0 Å². The minimum atomic E-state index is -3.40. The number of sulfonamides is 1. The monoisotopic (exact) mass is 266 g/mol. The van der Waals surface area contributed by atoms with Gasteiger partial charge in [-0.25, -0.2) is 13.1 Å². The molecule has 0 aliphatic rings. The van der Waals surface area contributed by atoms with Crippen LogP contribution in [0.2, 0.25) is 0 Å². The first kappa shape index (κ1) is 16.3. The summed E-state index contributed by atoms with van der Waals surface area (Å²) in [4.78, 5) is 13.1. The Morgan fingerprint density at radius 1 is 1.41 bits per heavy atom. The fraction of sp³-hybridized carbons (Fsp3) is 0.900. The van der Waals surface area contributed by atoms with Crippen molar-refractivity contribution in [1.82, 2.24) is 9.62 Å². The molecule has 0 aromatic heterocycles. The van der Waals surface area contributed by atoms with Gasteiger partial charge in [0.1, 0.15) is 0 Å². The zero-order valence-electron chi connectivity index (χ0n) is 10.8. The maximum atomic E-state index is 11.8. The van der Waals surface area contributed by atoms with Gasteiger partial charge in [-0.3, -0.25) is 4.79 Å². The number of hydrogen-bond donors (Lipinski definition) is 2. The third kappa shape index (κ3) is 5.47. The van der Waals surface area contributed by atoms with E-state index < -0.39 is 16.1 Å². The van der Waals surface area contributed by atoms with Gasteiger partial charge in [-0.1, -0.05) is 6.92 Å². The number of carbonyl (C=O) groups is 1. The molecular weight excluding hydrogens is 244 g/mol. The summed E-state index contributed by atoms with van der Waals surface area (Å²) in [5.74, 6) is -0.351. The van der Waals surface area contributed by atoms with Gasteiger partial charge in [0, 0.05) is 7.05 Å². The lowest BCUT2D eigenvalue weighted by Gasteiger charge is -2.26. The van der Waals surface area contributed by atoms with Crippen molar-refractivity contribution >= 4 is 15.9 Å². The summed E-state index contributed by atoms with van der Waals surface area (Å²) < 4.78 is 25.3. The molecule has 0 aromatic carbocycles. The molecule has 0 aliphatic heterocycles. The van der Waals surface area contributed by atoms with Crippen molar-refractivity contribution in [3.63, 3.8) is 0 Å². The number of nitrogens with zero attached hydrogens (tertiary/aromatic N) is 1. The average Bonchev–Trinajstić information content (AvgIpc) is 2.25. The van der Waals surface area contributed by atoms with Crippen LogP contribution in [0.25, 0.3) is 0 Å². The molecule has 0 aliphatic carbocycles. The van der Waals surface area contributed by atoms with Crippen molar-refractivity contribution in [2.24, 2.45) is 0 Å². The predicted octanol–water partition coefficient (Wildman–Crippen LogP) is -0.456. The molecule has 0 spiro atoms. The summed E-state index contributed by atoms with van der Waals surface area (Å²) in [7, 11) is -1.87. The Balaban J connectivity index is 4.52. The van der Waals surface area contributed by atoms with Crippen LogP contribution in [-0.4, -0.2) is 55.8 Å². The number of carbonyl (C=O) groups excluding carboxylic acids is 1. The topological polar surface area (TPSA) is 86.7 Å². The molecule has 0 saturated heterocycles. The fourth-order valence-electron chi connectivity index (χ4n) is 1.29. The first-order valence-electron chi connectivity index (χ1n) is 5.62. The molecule has 7 heteroatoms. The third-order valence-electron chi connectivity index (χ3n) is 2.47. The van der Waals surface area contributed by atoms with Crippen LogP contribution in [-0.2, 0) is 14.8 Å². The van der Waals surface area contributed by atoms with E-state index in [1.165, 1.54) is 18.9 Å². The Morgan fingerprint density at radius 2 is 1.94 bits per heavy atom. The number of hydrogen-bond acceptors (Lipinski definition) is 4. The van der Waals surface area contributed by atoms with Crippen LogP contribution in [0.4, 0.5) is 0 Å². The Hall–Kier alpha value is -0.660. The lowest BCUT2D eigenvalue weighted by Crippen LogP contribution is -2.49. The SMILES string of the molecule is CCCS(=O)(=O)NC(C)C(=O)N(C)C(C)CO. The van der Waals surface area contributed by atoms with Crippen LogP contribution < -0.4 is 4.72 Å². The summed E-state index contributed by atoms with van der Waals surface area (Å²) in [5.41, 5.74) is 0. The van der Waals surface area contributed by atoms with Crippen molar-refractivity contribution in [2.75, 3.05) is 19.4 Å². The highest BCUT2D eigenvalue weighted by Crippen LogP contribution is 2.01. The molecule has 102 valence electrons. The lowest BCUT2D eigenvalue weighted by atomic mass is 10.2. The van der Waals surface area contributed by atoms with E-state index in [-0.39, 0.29) is 24.3 Å². The number of likely N-dealkylation sites (N-methyl/N-ethyl adjacent to an activating group) is 1. The van der Waals surface area contributed by atoms with E-state index in [9.17, 15) is 13.2 Å². The van der Waals surface area contributed by atoms with E-state index in [2.05, 4.69) is 4.72 Å². The summed E-state index contributed by atoms with van der Waals surface area (Å²) >= 11 is 0. The molecule has 0 bridgehead atoms. The van der Waals surface area contributed by atoms with Crippen LogP contribution in [0.3, 0.4) is 0 Å². The minimum Gasteiger partial charge on any atom is -0.394 e. The van der Waals surface area contributed by atoms with E-state index in [1.807, 2.05) is 0 Å². The predicted molar refractivity (Wildman–Crippen MR) is 66.0 cm³/mol. The molecule has 1 amide bonds. The minimum absolute atomic E-state index is 0.00386. The number of nitrogens with one attached hydrogen (secondary N) is 1. The second-order valence-corrected chi connectivity index (χ2v) is 6.01. The second-order valence-electron chi connectivity index (χ2n) is 4.14. The molecule has 2 N–H and O–H groups in total. The molecule has 0 fully saturated rings. The van der Waals surface area contributed by atoms with Gasteiger partial charge in [-0.05, 0) is 20.3 Å². The van der Waals surface area contributed by atoms with Crippen LogP contribution >= 0.6 is 0 Å². The van der Waals surface area contributed by atoms with Crippen molar-refractivity contribution in [2.45, 2.75) is 39.3 Å². The van der Waals surface area contributed by atoms with Crippen LogP contribution in [0, 0.1) is 0 Å². The average molecular weight is 266 g/mol. The second kappa shape index (κ2) is 6.93. The fourth-order valence-corrected chi connectivity index (χ4v) is 2.59. The van der Waals surface area contributed by atoms with E-state index in [4.69, 9.17) is 5.11 Å². The standard InChI is InChI=1S/C10H22N2O4S/c1-5-6-17(15,16)11-9(3)10(14)12(4)8(2)7-13/h8-9,11,13H,5-7H2,1-4H3. The van der Waals surface area contributed by atoms with E-state index in [1.54, 1.807) is 13.8 Å². The third-order valence-corrected chi connectivity index (χ3v) is 4.13. The molecular formula is C10H22N2O4S. The Kier molecular flexibility index (Phi) is 6.66. The van der Waals surface area contributed by atoms with E-state index >= 15 is 0 Å². The summed E-state index contributed by atoms with van der Waals surface area (Å²) in [6.45, 7) is 4.78. The zero-order valence-corrected chi connectivity index (χ0v) is 11.6. The molecule has 2 atom stereocenters. The number of aliphatic hydroxyl groups excluding tert-OH is 1. The molecule has 0 radical (unpaired) electrons. The van der Waals surface area contributed by atoms with Crippen molar-refractivity contribution in [3.05, 3.63) is 0 Å². The van der Waals surface area contributed by atoms with Gasteiger partial charge in [-0.15, -0.1) is 0 Å². The highest BCUT2D eigenvalue weighted by molar-refractivity contribution is 7.89. The Labute approximate surface area is 103 Å². The van der Waals surface area contributed by atoms with Gasteiger partial charge in [0.2, 0.25) is 15.9 Å². The molecule has 17 heavy (non-hydrogen) atoms. The maximum absolute atomic E-state index is 11.8. The summed E-state index contributed by atoms with van der Waals surface area (Å²) in [6, 6.07) is -1.15. The van der Waals surface area contributed by atoms with Crippen molar-refractivity contribution < 1.29 is 18.3 Å². The lowest BCUT2D eigenvalue weighted by molar-refractivity contribution is -0.133. The van der Waals surface area contributed by atoms with Gasteiger partial charge in [0.15, 0.2) is 0 Å². The molecule has 2 unspecified atom stereocenters. The maximum Gasteiger partial charge on any atom is 0.240 e. The number of aliphatic hydroxyl groups is 1. The molecule has 0 heterocycles. The quantitative estimate of drug-likeness (QED) is 0.653. The number of amides is 1. The number of rotatable bonds is 7. The highest BCUT2D eigenvalue weighted by Gasteiger charge is 2.24. The summed E-state index contributed by atoms with van der Waals surface area (Å²) in [6.07, 6.45) is 0.499. The molecule has 0 rings (SSSR count). The van der Waals surface area contributed by atoms with Crippen LogP contribution in [0.5, 0.6) is 0 Å². The van der Waals surface area contributed by atoms with Crippen LogP contribution in [0.15, 0.2) is 0 Å². The van der Waals surface area contributed by atoms with Crippen LogP contribution in [0.1, 0.15) is 27.2 Å². The van der Waals surface area contributed by atoms with Gasteiger partial charge >= 0.3 is 0 Å². The summed E-state index contributed by atoms with van der Waals surface area (Å²) in [5, 5.41) is 8.92. The van der Waals surface area contributed by atoms with E-state index in [0.717, 1.165) is 0 Å². The molecule has 6 nitrogen and oxygen atoms in total. The smallest absolute Gasteiger partial charge is 0.240 e. The largest absolute Gasteiger partial charge is 0.394 e. The van der Waals surface area contributed by atoms with Crippen molar-refractivity contribution in [3.8, 4) is 0 Å². The van der Waals surface area contributed by atoms with E-state index in [0.29, 0.717) is 6.42 Å². The molecule has 0 saturated carbocycles. The Morgan fingerprint density at radius 3 is 2.35 bits per heavy atom. The molecule has 0 aromatic rings. The first-order chi connectivity index (χ1) is 7.75. The Bertz CT molecular complexity index is 342. The van der Waals surface area contributed by atoms with Gasteiger partial charge < -0.3 is 10.0 Å².